The van der Waals surface area contributed by atoms with Crippen LogP contribution in [0.5, 0.6) is 5.75 Å². The maximum atomic E-state index is 12.5. The highest BCUT2D eigenvalue weighted by Gasteiger charge is 2.20. The molecule has 1 aromatic heterocycles. The number of hydrogen-bond donors (Lipinski definition) is 0. The fourth-order valence-corrected chi connectivity index (χ4v) is 3.36. The van der Waals surface area contributed by atoms with Crippen molar-refractivity contribution in [3.63, 3.8) is 0 Å². The van der Waals surface area contributed by atoms with E-state index in [4.69, 9.17) is 4.74 Å². The number of tetrazole rings is 1. The van der Waals surface area contributed by atoms with Crippen LogP contribution in [0.25, 0.3) is 5.69 Å². The predicted molar refractivity (Wildman–Crippen MR) is 83.0 cm³/mol. The van der Waals surface area contributed by atoms with Crippen molar-refractivity contribution in [2.75, 3.05) is 7.11 Å². The first kappa shape index (κ1) is 15.2. The van der Waals surface area contributed by atoms with Crippen LogP contribution in [-0.2, 0) is 15.6 Å². The summed E-state index contributed by atoms with van der Waals surface area (Å²) in [6.07, 6.45) is 0. The van der Waals surface area contributed by atoms with Crippen molar-refractivity contribution in [1.82, 2.24) is 20.2 Å². The van der Waals surface area contributed by atoms with Crippen LogP contribution >= 0.6 is 0 Å². The van der Waals surface area contributed by atoms with E-state index in [0.29, 0.717) is 11.4 Å². The van der Waals surface area contributed by atoms with Gasteiger partial charge in [-0.3, -0.25) is 0 Å². The quantitative estimate of drug-likeness (QED) is 0.707. The van der Waals surface area contributed by atoms with Crippen molar-refractivity contribution in [3.8, 4) is 11.4 Å². The van der Waals surface area contributed by atoms with Gasteiger partial charge in [0.2, 0.25) is 0 Å². The van der Waals surface area contributed by atoms with Crippen LogP contribution in [0, 0.1) is 0 Å². The molecule has 3 aromatic rings. The number of hydrogen-bond acceptors (Lipinski definition) is 6. The van der Waals surface area contributed by atoms with Gasteiger partial charge in [-0.05, 0) is 46.8 Å². The summed E-state index contributed by atoms with van der Waals surface area (Å²) in [6.45, 7) is 0. The Hall–Kier alpha value is -2.74. The summed E-state index contributed by atoms with van der Waals surface area (Å²) in [7, 11) is -1.94. The van der Waals surface area contributed by atoms with Crippen LogP contribution in [-0.4, -0.2) is 35.7 Å². The molecular weight excluding hydrogens is 316 g/mol. The number of benzene rings is 2. The molecule has 0 N–H and O–H groups in total. The average Bonchev–Trinajstić information content (AvgIpc) is 3.03. The molecular formula is C15H14N4O3S. The van der Waals surface area contributed by atoms with Crippen LogP contribution in [0.2, 0.25) is 0 Å². The molecule has 0 aliphatic heterocycles. The van der Waals surface area contributed by atoms with Crippen LogP contribution in [0.1, 0.15) is 5.82 Å². The van der Waals surface area contributed by atoms with Gasteiger partial charge in [0, 0.05) is 0 Å². The average molecular weight is 330 g/mol. The Labute approximate surface area is 133 Å². The van der Waals surface area contributed by atoms with Gasteiger partial charge in [-0.25, -0.2) is 8.42 Å². The summed E-state index contributed by atoms with van der Waals surface area (Å²) in [6, 6.07) is 15.3. The Morgan fingerprint density at radius 3 is 2.39 bits per heavy atom. The molecule has 23 heavy (non-hydrogen) atoms. The molecule has 0 aliphatic rings. The summed E-state index contributed by atoms with van der Waals surface area (Å²) >= 11 is 0. The molecule has 7 nitrogen and oxygen atoms in total. The lowest BCUT2D eigenvalue weighted by atomic mass is 10.3. The maximum Gasteiger partial charge on any atom is 0.185 e. The third kappa shape index (κ3) is 3.21. The number of nitrogens with zero attached hydrogens (tertiary/aromatic N) is 4. The summed E-state index contributed by atoms with van der Waals surface area (Å²) in [5, 5.41) is 11.3. The zero-order valence-electron chi connectivity index (χ0n) is 12.3. The fourth-order valence-electron chi connectivity index (χ4n) is 2.10. The van der Waals surface area contributed by atoms with Gasteiger partial charge in [0.25, 0.3) is 0 Å². The second-order valence-corrected chi connectivity index (χ2v) is 6.77. The van der Waals surface area contributed by atoms with Gasteiger partial charge in [-0.15, -0.1) is 5.10 Å². The lowest BCUT2D eigenvalue weighted by molar-refractivity contribution is 0.414. The van der Waals surface area contributed by atoms with E-state index in [1.807, 2.05) is 0 Å². The molecule has 1 heterocycles. The monoisotopic (exact) mass is 330 g/mol. The van der Waals surface area contributed by atoms with Crippen LogP contribution in [0.4, 0.5) is 0 Å². The van der Waals surface area contributed by atoms with Crippen molar-refractivity contribution in [2.45, 2.75) is 10.6 Å². The van der Waals surface area contributed by atoms with E-state index in [1.165, 1.54) is 4.68 Å². The van der Waals surface area contributed by atoms with Gasteiger partial charge in [0.1, 0.15) is 11.5 Å². The minimum absolute atomic E-state index is 0.240. The topological polar surface area (TPSA) is 87.0 Å². The predicted octanol–water partition coefficient (Wildman–Crippen LogP) is 1.64. The smallest absolute Gasteiger partial charge is 0.185 e. The molecule has 0 saturated heterocycles. The van der Waals surface area contributed by atoms with Crippen LogP contribution < -0.4 is 4.74 Å². The molecule has 2 aromatic carbocycles. The molecule has 0 bridgehead atoms. The molecule has 0 spiro atoms. The normalized spacial score (nSPS) is 11.3. The Morgan fingerprint density at radius 2 is 1.74 bits per heavy atom. The molecule has 0 aliphatic carbocycles. The van der Waals surface area contributed by atoms with Gasteiger partial charge in [0.15, 0.2) is 15.7 Å². The largest absolute Gasteiger partial charge is 0.497 e. The molecule has 0 radical (unpaired) electrons. The molecule has 0 unspecified atom stereocenters. The van der Waals surface area contributed by atoms with Crippen molar-refractivity contribution in [3.05, 3.63) is 60.4 Å². The molecule has 0 saturated carbocycles. The number of ether oxygens (including phenoxy) is 1. The summed E-state index contributed by atoms with van der Waals surface area (Å²) in [5.74, 6) is 0.662. The van der Waals surface area contributed by atoms with Gasteiger partial charge < -0.3 is 4.74 Å². The molecule has 8 heteroatoms. The minimum Gasteiger partial charge on any atom is -0.497 e. The highest BCUT2D eigenvalue weighted by molar-refractivity contribution is 7.90. The molecule has 118 valence electrons. The Morgan fingerprint density at radius 1 is 1.04 bits per heavy atom. The first-order valence-corrected chi connectivity index (χ1v) is 8.45. The lowest BCUT2D eigenvalue weighted by Crippen LogP contribution is -2.11. The van der Waals surface area contributed by atoms with Gasteiger partial charge >= 0.3 is 0 Å². The molecule has 3 rings (SSSR count). The zero-order chi connectivity index (χ0) is 16.3. The lowest BCUT2D eigenvalue weighted by Gasteiger charge is -2.07. The van der Waals surface area contributed by atoms with Crippen molar-refractivity contribution in [2.24, 2.45) is 0 Å². The van der Waals surface area contributed by atoms with E-state index in [1.54, 1.807) is 61.7 Å². The van der Waals surface area contributed by atoms with Crippen molar-refractivity contribution < 1.29 is 13.2 Å². The van der Waals surface area contributed by atoms with E-state index in [-0.39, 0.29) is 16.5 Å². The van der Waals surface area contributed by atoms with Crippen molar-refractivity contribution in [1.29, 1.82) is 0 Å². The van der Waals surface area contributed by atoms with Gasteiger partial charge in [-0.1, -0.05) is 18.2 Å². The second kappa shape index (κ2) is 6.17. The molecule has 0 atom stereocenters. The third-order valence-electron chi connectivity index (χ3n) is 3.27. The highest BCUT2D eigenvalue weighted by Crippen LogP contribution is 2.18. The minimum atomic E-state index is -3.51. The summed E-state index contributed by atoms with van der Waals surface area (Å²) in [4.78, 5) is 0.240. The number of rotatable bonds is 5. The SMILES string of the molecule is COc1ccc(-n2nnnc2CS(=O)(=O)c2ccccc2)cc1. The summed E-state index contributed by atoms with van der Waals surface area (Å²) < 4.78 is 31.4. The highest BCUT2D eigenvalue weighted by atomic mass is 32.2. The van der Waals surface area contributed by atoms with Crippen molar-refractivity contribution >= 4 is 9.84 Å². The van der Waals surface area contributed by atoms with Crippen LogP contribution in [0.15, 0.2) is 59.5 Å². The van der Waals surface area contributed by atoms with E-state index < -0.39 is 9.84 Å². The Balaban J connectivity index is 1.92. The number of sulfone groups is 1. The van der Waals surface area contributed by atoms with E-state index in [2.05, 4.69) is 15.5 Å². The maximum absolute atomic E-state index is 12.5. The van der Waals surface area contributed by atoms with E-state index in [0.717, 1.165) is 0 Å². The molecule has 0 fully saturated rings. The molecule has 0 amide bonds. The zero-order valence-corrected chi connectivity index (χ0v) is 13.1. The standard InChI is InChI=1S/C15H14N4O3S/c1-22-13-9-7-12(8-10-13)19-15(16-17-18-19)11-23(20,21)14-5-3-2-4-6-14/h2-10H,11H2,1H3. The second-order valence-electron chi connectivity index (χ2n) is 4.78. The van der Waals surface area contributed by atoms with Gasteiger partial charge in [0.05, 0.1) is 17.7 Å². The first-order chi connectivity index (χ1) is 11.1. The third-order valence-corrected chi connectivity index (χ3v) is 4.90. The van der Waals surface area contributed by atoms with Gasteiger partial charge in [-0.2, -0.15) is 4.68 Å². The van der Waals surface area contributed by atoms with Crippen LogP contribution in [0.3, 0.4) is 0 Å². The fraction of sp³-hybridized carbons (Fsp3) is 0.133. The van der Waals surface area contributed by atoms with E-state index >= 15 is 0 Å². The number of methoxy groups -OCH3 is 1. The Kier molecular flexibility index (Phi) is 4.07. The van der Waals surface area contributed by atoms with E-state index in [9.17, 15) is 8.42 Å². The first-order valence-electron chi connectivity index (χ1n) is 6.79. The summed E-state index contributed by atoms with van der Waals surface area (Å²) in [5.41, 5.74) is 0.661. The Bertz CT molecular complexity index is 890. The number of aromatic nitrogens is 4.